The van der Waals surface area contributed by atoms with Crippen LogP contribution in [-0.2, 0) is 0 Å². The topological polar surface area (TPSA) is 29.1 Å². The molecule has 1 fully saturated rings. The molecule has 0 amide bonds. The van der Waals surface area contributed by atoms with Gasteiger partial charge < -0.3 is 5.32 Å². The fraction of sp³-hybridized carbons (Fsp3) is 0.462. The van der Waals surface area contributed by atoms with Crippen molar-refractivity contribution in [2.75, 3.05) is 6.54 Å². The predicted molar refractivity (Wildman–Crippen MR) is 61.2 cm³/mol. The maximum Gasteiger partial charge on any atom is 0.180 e. The van der Waals surface area contributed by atoms with Crippen LogP contribution in [0.25, 0.3) is 0 Å². The maximum absolute atomic E-state index is 13.1. The van der Waals surface area contributed by atoms with Gasteiger partial charge in [-0.05, 0) is 56.5 Å². The van der Waals surface area contributed by atoms with Crippen LogP contribution in [0.15, 0.2) is 12.1 Å². The van der Waals surface area contributed by atoms with Crippen molar-refractivity contribution in [3.63, 3.8) is 0 Å². The zero-order valence-corrected chi connectivity index (χ0v) is 9.64. The molecule has 1 saturated heterocycles. The maximum atomic E-state index is 13.1. The first-order chi connectivity index (χ1) is 7.59. The Kier molecular flexibility index (Phi) is 3.06. The highest BCUT2D eigenvalue weighted by Gasteiger charge is 2.25. The van der Waals surface area contributed by atoms with E-state index in [1.54, 1.807) is 13.8 Å². The molecule has 1 atom stereocenters. The van der Waals surface area contributed by atoms with Crippen LogP contribution < -0.4 is 5.32 Å². The molecule has 1 N–H and O–H groups in total. The van der Waals surface area contributed by atoms with Crippen molar-refractivity contribution < 1.29 is 9.18 Å². The number of benzene rings is 1. The second-order valence-electron chi connectivity index (χ2n) is 4.43. The Morgan fingerprint density at radius 1 is 1.38 bits per heavy atom. The van der Waals surface area contributed by atoms with Crippen molar-refractivity contribution in [3.05, 3.63) is 34.6 Å². The average molecular weight is 221 g/mol. The number of halogens is 1. The van der Waals surface area contributed by atoms with Gasteiger partial charge in [0.25, 0.3) is 0 Å². The first kappa shape index (κ1) is 11.3. The number of hydrogen-bond donors (Lipinski definition) is 1. The Morgan fingerprint density at radius 2 is 2.00 bits per heavy atom. The number of Topliss-reactive ketones (excluding diaryl/α,β-unsaturated/α-hetero) is 1. The highest BCUT2D eigenvalue weighted by atomic mass is 19.1. The third-order valence-corrected chi connectivity index (χ3v) is 3.12. The van der Waals surface area contributed by atoms with Gasteiger partial charge in [-0.3, -0.25) is 4.79 Å². The summed E-state index contributed by atoms with van der Waals surface area (Å²) >= 11 is 0. The normalized spacial score (nSPS) is 20.1. The molecule has 1 aliphatic heterocycles. The molecule has 1 aromatic carbocycles. The summed E-state index contributed by atoms with van der Waals surface area (Å²) in [6, 6.07) is 2.77. The molecule has 0 aromatic heterocycles. The Morgan fingerprint density at radius 3 is 2.50 bits per heavy atom. The third-order valence-electron chi connectivity index (χ3n) is 3.12. The molecule has 16 heavy (non-hydrogen) atoms. The zero-order chi connectivity index (χ0) is 11.7. The van der Waals surface area contributed by atoms with Gasteiger partial charge in [0.2, 0.25) is 0 Å². The van der Waals surface area contributed by atoms with E-state index in [0.717, 1.165) is 30.5 Å². The van der Waals surface area contributed by atoms with Crippen LogP contribution >= 0.6 is 0 Å². The second kappa shape index (κ2) is 4.34. The van der Waals surface area contributed by atoms with Gasteiger partial charge in [0.1, 0.15) is 5.82 Å². The van der Waals surface area contributed by atoms with E-state index in [2.05, 4.69) is 5.32 Å². The molecule has 2 rings (SSSR count). The molecule has 0 radical (unpaired) electrons. The van der Waals surface area contributed by atoms with E-state index in [9.17, 15) is 9.18 Å². The summed E-state index contributed by atoms with van der Waals surface area (Å²) in [4.78, 5) is 12.2. The first-order valence-corrected chi connectivity index (χ1v) is 5.64. The second-order valence-corrected chi connectivity index (χ2v) is 4.43. The molecule has 1 heterocycles. The minimum atomic E-state index is -0.272. The molecule has 0 saturated carbocycles. The number of carbonyl (C=O) groups is 1. The van der Waals surface area contributed by atoms with Gasteiger partial charge >= 0.3 is 0 Å². The summed E-state index contributed by atoms with van der Waals surface area (Å²) in [5, 5.41) is 3.18. The minimum Gasteiger partial charge on any atom is -0.307 e. The molecule has 86 valence electrons. The summed E-state index contributed by atoms with van der Waals surface area (Å²) in [5.41, 5.74) is 2.15. The van der Waals surface area contributed by atoms with Crippen molar-refractivity contribution in [3.8, 4) is 0 Å². The highest BCUT2D eigenvalue weighted by Crippen LogP contribution is 2.20. The van der Waals surface area contributed by atoms with Crippen LogP contribution in [0, 0.1) is 19.7 Å². The van der Waals surface area contributed by atoms with Crippen molar-refractivity contribution in [1.29, 1.82) is 0 Å². The highest BCUT2D eigenvalue weighted by molar-refractivity contribution is 6.02. The summed E-state index contributed by atoms with van der Waals surface area (Å²) < 4.78 is 13.1. The van der Waals surface area contributed by atoms with Crippen molar-refractivity contribution in [2.24, 2.45) is 0 Å². The summed E-state index contributed by atoms with van der Waals surface area (Å²) in [7, 11) is 0. The van der Waals surface area contributed by atoms with E-state index >= 15 is 0 Å². The molecule has 3 heteroatoms. The van der Waals surface area contributed by atoms with Gasteiger partial charge in [0.05, 0.1) is 6.04 Å². The molecule has 1 aliphatic rings. The van der Waals surface area contributed by atoms with E-state index in [0.29, 0.717) is 5.56 Å². The number of carbonyl (C=O) groups excluding carboxylic acids is 1. The van der Waals surface area contributed by atoms with E-state index in [4.69, 9.17) is 0 Å². The average Bonchev–Trinajstić information content (AvgIpc) is 2.67. The van der Waals surface area contributed by atoms with Crippen LogP contribution in [-0.4, -0.2) is 18.4 Å². The Labute approximate surface area is 94.9 Å². The number of ketones is 1. The van der Waals surface area contributed by atoms with Crippen molar-refractivity contribution in [1.82, 2.24) is 5.32 Å². The fourth-order valence-electron chi connectivity index (χ4n) is 2.38. The monoisotopic (exact) mass is 221 g/mol. The lowest BCUT2D eigenvalue weighted by atomic mass is 9.94. The molecule has 1 unspecified atom stereocenters. The molecule has 0 aliphatic carbocycles. The minimum absolute atomic E-state index is 0.0807. The molecular formula is C13H16FNO. The molecule has 2 nitrogen and oxygen atoms in total. The van der Waals surface area contributed by atoms with Gasteiger partial charge in [-0.1, -0.05) is 0 Å². The lowest BCUT2D eigenvalue weighted by molar-refractivity contribution is 0.0951. The van der Waals surface area contributed by atoms with Gasteiger partial charge in [0.15, 0.2) is 5.78 Å². The number of nitrogens with one attached hydrogen (secondary N) is 1. The van der Waals surface area contributed by atoms with Crippen LogP contribution in [0.3, 0.4) is 0 Å². The Hall–Kier alpha value is -1.22. The Balaban J connectivity index is 2.35. The van der Waals surface area contributed by atoms with Crippen LogP contribution in [0.4, 0.5) is 4.39 Å². The summed E-state index contributed by atoms with van der Waals surface area (Å²) in [6.45, 7) is 4.48. The number of aryl methyl sites for hydroxylation is 2. The lowest BCUT2D eigenvalue weighted by Crippen LogP contribution is -2.31. The van der Waals surface area contributed by atoms with E-state index in [-0.39, 0.29) is 17.6 Å². The molecule has 1 aromatic rings. The van der Waals surface area contributed by atoms with E-state index < -0.39 is 0 Å². The molecule has 0 bridgehead atoms. The zero-order valence-electron chi connectivity index (χ0n) is 9.64. The fourth-order valence-corrected chi connectivity index (χ4v) is 2.38. The molecule has 0 spiro atoms. The summed E-state index contributed by atoms with van der Waals surface area (Å²) in [5.74, 6) is -0.168. The predicted octanol–water partition coefficient (Wildman–Crippen LogP) is 2.38. The van der Waals surface area contributed by atoms with Gasteiger partial charge in [-0.2, -0.15) is 0 Å². The lowest BCUT2D eigenvalue weighted by Gasteiger charge is -2.13. The van der Waals surface area contributed by atoms with Crippen LogP contribution in [0.2, 0.25) is 0 Å². The SMILES string of the molecule is Cc1cc(F)cc(C)c1C(=O)C1CCCN1. The van der Waals surface area contributed by atoms with E-state index in [1.807, 2.05) is 0 Å². The standard InChI is InChI=1S/C13H16FNO/c1-8-6-10(14)7-9(2)12(8)13(16)11-4-3-5-15-11/h6-7,11,15H,3-5H2,1-2H3. The van der Waals surface area contributed by atoms with E-state index in [1.165, 1.54) is 12.1 Å². The molecular weight excluding hydrogens is 205 g/mol. The Bertz CT molecular complexity index is 399. The van der Waals surface area contributed by atoms with Crippen molar-refractivity contribution >= 4 is 5.78 Å². The van der Waals surface area contributed by atoms with Crippen LogP contribution in [0.5, 0.6) is 0 Å². The quantitative estimate of drug-likeness (QED) is 0.777. The van der Waals surface area contributed by atoms with Gasteiger partial charge in [-0.15, -0.1) is 0 Å². The smallest absolute Gasteiger partial charge is 0.180 e. The number of rotatable bonds is 2. The largest absolute Gasteiger partial charge is 0.307 e. The first-order valence-electron chi connectivity index (χ1n) is 5.64. The number of hydrogen-bond acceptors (Lipinski definition) is 2. The third kappa shape index (κ3) is 2.00. The van der Waals surface area contributed by atoms with Crippen molar-refractivity contribution in [2.45, 2.75) is 32.7 Å². The summed E-state index contributed by atoms with van der Waals surface area (Å²) in [6.07, 6.45) is 1.92. The van der Waals surface area contributed by atoms with Gasteiger partial charge in [-0.25, -0.2) is 4.39 Å². The van der Waals surface area contributed by atoms with Gasteiger partial charge in [0, 0.05) is 5.56 Å². The van der Waals surface area contributed by atoms with Crippen LogP contribution in [0.1, 0.15) is 34.3 Å².